The lowest BCUT2D eigenvalue weighted by molar-refractivity contribution is 0.593. The second-order valence-corrected chi connectivity index (χ2v) is 15.9. The zero-order chi connectivity index (χ0) is 34.9. The van der Waals surface area contributed by atoms with Crippen LogP contribution < -0.4 is 4.90 Å². The van der Waals surface area contributed by atoms with Gasteiger partial charge >= 0.3 is 0 Å². The molecule has 2 aliphatic rings. The first-order chi connectivity index (χ1) is 25.3. The van der Waals surface area contributed by atoms with Gasteiger partial charge in [-0.2, -0.15) is 0 Å². The highest BCUT2D eigenvalue weighted by molar-refractivity contribution is 6.15. The van der Waals surface area contributed by atoms with Crippen molar-refractivity contribution in [3.8, 4) is 16.8 Å². The molecule has 2 heteroatoms. The SMILES string of the molecule is CC1(C)c2cccc3c2-n2c4c1cccc4c1cc(N(c4cccc(-c5ccc6ccccc6c5)c4)c4ccc5ccccc5c4)cc(c12)C3(C)C. The molecule has 0 spiro atoms. The van der Waals surface area contributed by atoms with Crippen LogP contribution in [0.5, 0.6) is 0 Å². The van der Waals surface area contributed by atoms with E-state index in [1.54, 1.807) is 0 Å². The monoisotopic (exact) mass is 666 g/mol. The van der Waals surface area contributed by atoms with Crippen LogP contribution in [0.4, 0.5) is 17.1 Å². The molecule has 0 aliphatic carbocycles. The number of fused-ring (bicyclic) bond motifs is 3. The third-order valence-corrected chi connectivity index (χ3v) is 12.3. The fourth-order valence-corrected chi connectivity index (χ4v) is 9.55. The number of para-hydroxylation sites is 2. The van der Waals surface area contributed by atoms with Crippen molar-refractivity contribution < 1.29 is 0 Å². The summed E-state index contributed by atoms with van der Waals surface area (Å²) < 4.78 is 2.61. The standard InChI is InChI=1S/C50H38N2/c1-49(2)42-19-10-18-40-41-29-39(30-45-47(41)52(46(40)42)48-43(49)20-11-21-44(48)50(45,3)4)51(38-25-24-32-13-6-8-15-34(32)27-38)37-17-9-16-35(28-37)36-23-22-31-12-5-7-14-33(31)26-36/h5-30H,1-4H3. The largest absolute Gasteiger partial charge is 0.310 e. The van der Waals surface area contributed by atoms with E-state index in [-0.39, 0.29) is 10.8 Å². The van der Waals surface area contributed by atoms with E-state index in [1.807, 2.05) is 0 Å². The molecule has 0 fully saturated rings. The summed E-state index contributed by atoms with van der Waals surface area (Å²) in [5.41, 5.74) is 15.2. The Labute approximate surface area is 304 Å². The molecule has 248 valence electrons. The van der Waals surface area contributed by atoms with Crippen LogP contribution in [0.15, 0.2) is 158 Å². The predicted molar refractivity (Wildman–Crippen MR) is 220 cm³/mol. The number of anilines is 3. The van der Waals surface area contributed by atoms with E-state index in [0.29, 0.717) is 0 Å². The minimum Gasteiger partial charge on any atom is -0.310 e. The highest BCUT2D eigenvalue weighted by Gasteiger charge is 2.43. The van der Waals surface area contributed by atoms with Gasteiger partial charge in [-0.15, -0.1) is 0 Å². The Morgan fingerprint density at radius 3 is 1.73 bits per heavy atom. The summed E-state index contributed by atoms with van der Waals surface area (Å²) >= 11 is 0. The van der Waals surface area contributed by atoms with Gasteiger partial charge in [0.05, 0.1) is 16.7 Å². The fourth-order valence-electron chi connectivity index (χ4n) is 9.55. The second-order valence-electron chi connectivity index (χ2n) is 15.9. The number of hydrogen-bond donors (Lipinski definition) is 0. The van der Waals surface area contributed by atoms with E-state index in [4.69, 9.17) is 0 Å². The van der Waals surface area contributed by atoms with Crippen LogP contribution in [0.2, 0.25) is 0 Å². The topological polar surface area (TPSA) is 8.17 Å². The number of rotatable bonds is 4. The molecule has 0 unspecified atom stereocenters. The molecule has 9 aromatic rings. The van der Waals surface area contributed by atoms with Crippen LogP contribution >= 0.6 is 0 Å². The fraction of sp³-hybridized carbons (Fsp3) is 0.120. The van der Waals surface area contributed by atoms with Crippen LogP contribution in [-0.4, -0.2) is 4.57 Å². The average molecular weight is 667 g/mol. The highest BCUT2D eigenvalue weighted by Crippen LogP contribution is 2.56. The lowest BCUT2D eigenvalue weighted by Gasteiger charge is -2.42. The molecule has 0 amide bonds. The molecule has 11 rings (SSSR count). The van der Waals surface area contributed by atoms with Crippen molar-refractivity contribution in [2.24, 2.45) is 0 Å². The van der Waals surface area contributed by atoms with Crippen molar-refractivity contribution in [1.29, 1.82) is 0 Å². The van der Waals surface area contributed by atoms with Gasteiger partial charge in [0.1, 0.15) is 0 Å². The molecule has 0 saturated carbocycles. The Morgan fingerprint density at radius 1 is 0.385 bits per heavy atom. The van der Waals surface area contributed by atoms with Gasteiger partial charge in [-0.1, -0.05) is 143 Å². The van der Waals surface area contributed by atoms with Crippen molar-refractivity contribution in [3.63, 3.8) is 0 Å². The summed E-state index contributed by atoms with van der Waals surface area (Å²) in [6.07, 6.45) is 0. The lowest BCUT2D eigenvalue weighted by Crippen LogP contribution is -2.33. The zero-order valence-corrected chi connectivity index (χ0v) is 29.9. The van der Waals surface area contributed by atoms with Crippen LogP contribution in [0.1, 0.15) is 49.9 Å². The second kappa shape index (κ2) is 10.2. The number of nitrogens with zero attached hydrogens (tertiary/aromatic N) is 2. The van der Waals surface area contributed by atoms with Gasteiger partial charge in [0.15, 0.2) is 0 Å². The predicted octanol–water partition coefficient (Wildman–Crippen LogP) is 13.5. The van der Waals surface area contributed by atoms with Crippen LogP contribution in [-0.2, 0) is 10.8 Å². The van der Waals surface area contributed by atoms with Crippen LogP contribution in [0, 0.1) is 0 Å². The Hall–Kier alpha value is -6.12. The smallest absolute Gasteiger partial charge is 0.0583 e. The van der Waals surface area contributed by atoms with E-state index in [9.17, 15) is 0 Å². The molecule has 0 radical (unpaired) electrons. The normalized spacial score (nSPS) is 14.8. The molecule has 52 heavy (non-hydrogen) atoms. The summed E-state index contributed by atoms with van der Waals surface area (Å²) in [7, 11) is 0. The zero-order valence-electron chi connectivity index (χ0n) is 29.9. The summed E-state index contributed by atoms with van der Waals surface area (Å²) in [4.78, 5) is 2.48. The maximum Gasteiger partial charge on any atom is 0.0583 e. The molecule has 0 N–H and O–H groups in total. The van der Waals surface area contributed by atoms with Crippen molar-refractivity contribution >= 4 is 60.4 Å². The van der Waals surface area contributed by atoms with E-state index < -0.39 is 0 Å². The van der Waals surface area contributed by atoms with Gasteiger partial charge in [-0.25, -0.2) is 0 Å². The molecule has 3 heterocycles. The quantitative estimate of drug-likeness (QED) is 0.181. The van der Waals surface area contributed by atoms with Crippen molar-refractivity contribution in [1.82, 2.24) is 4.57 Å². The number of benzene rings is 8. The van der Waals surface area contributed by atoms with E-state index >= 15 is 0 Å². The van der Waals surface area contributed by atoms with Gasteiger partial charge in [0, 0.05) is 38.7 Å². The molecule has 2 aliphatic heterocycles. The highest BCUT2D eigenvalue weighted by atomic mass is 15.1. The van der Waals surface area contributed by atoms with Gasteiger partial charge in [-0.3, -0.25) is 0 Å². The number of aromatic nitrogens is 1. The molecule has 0 bridgehead atoms. The summed E-state index contributed by atoms with van der Waals surface area (Å²) in [6, 6.07) is 58.9. The Bertz CT molecular complexity index is 2970. The summed E-state index contributed by atoms with van der Waals surface area (Å²) in [6.45, 7) is 9.64. The summed E-state index contributed by atoms with van der Waals surface area (Å²) in [5.74, 6) is 0. The first-order valence-electron chi connectivity index (χ1n) is 18.4. The Morgan fingerprint density at radius 2 is 0.962 bits per heavy atom. The maximum absolute atomic E-state index is 2.61. The molecular weight excluding hydrogens is 629 g/mol. The third-order valence-electron chi connectivity index (χ3n) is 12.3. The lowest BCUT2D eigenvalue weighted by atomic mass is 9.68. The molecule has 0 atom stereocenters. The molecular formula is C50H38N2. The minimum atomic E-state index is -0.209. The van der Waals surface area contributed by atoms with Gasteiger partial charge in [-0.05, 0) is 97.4 Å². The van der Waals surface area contributed by atoms with Crippen molar-refractivity contribution in [3.05, 3.63) is 180 Å². The summed E-state index contributed by atoms with van der Waals surface area (Å²) in [5, 5.41) is 7.62. The van der Waals surface area contributed by atoms with Crippen molar-refractivity contribution in [2.75, 3.05) is 4.90 Å². The molecule has 2 nitrogen and oxygen atoms in total. The van der Waals surface area contributed by atoms with E-state index in [0.717, 1.165) is 11.4 Å². The molecule has 1 aromatic heterocycles. The minimum absolute atomic E-state index is 0.105. The van der Waals surface area contributed by atoms with E-state index in [1.165, 1.54) is 88.1 Å². The Balaban J connectivity index is 1.21. The average Bonchev–Trinajstić information content (AvgIpc) is 3.51. The molecule has 8 aromatic carbocycles. The Kier molecular flexibility index (Phi) is 5.83. The number of hydrogen-bond acceptors (Lipinski definition) is 1. The third kappa shape index (κ3) is 3.90. The van der Waals surface area contributed by atoms with Crippen molar-refractivity contribution in [2.45, 2.75) is 38.5 Å². The first kappa shape index (κ1) is 29.6. The van der Waals surface area contributed by atoms with Gasteiger partial charge in [0.25, 0.3) is 0 Å². The first-order valence-corrected chi connectivity index (χ1v) is 18.4. The van der Waals surface area contributed by atoms with Gasteiger partial charge in [0.2, 0.25) is 0 Å². The van der Waals surface area contributed by atoms with Crippen LogP contribution in [0.3, 0.4) is 0 Å². The van der Waals surface area contributed by atoms with Crippen LogP contribution in [0.25, 0.3) is 60.2 Å². The maximum atomic E-state index is 2.61. The van der Waals surface area contributed by atoms with Gasteiger partial charge < -0.3 is 9.47 Å². The van der Waals surface area contributed by atoms with E-state index in [2.05, 4.69) is 195 Å². The molecule has 0 saturated heterocycles.